The minimum Gasteiger partial charge on any atom is -0.496 e. The van der Waals surface area contributed by atoms with Gasteiger partial charge in [-0.2, -0.15) is 0 Å². The van der Waals surface area contributed by atoms with Crippen LogP contribution in [-0.4, -0.2) is 7.11 Å². The van der Waals surface area contributed by atoms with Crippen LogP contribution in [0.15, 0.2) is 152 Å². The van der Waals surface area contributed by atoms with E-state index in [1.54, 1.807) is 12.1 Å². The van der Waals surface area contributed by atoms with Crippen LogP contribution in [0.4, 0.5) is 11.4 Å². The van der Waals surface area contributed by atoms with Gasteiger partial charge in [0.2, 0.25) is 0 Å². The summed E-state index contributed by atoms with van der Waals surface area (Å²) in [4.78, 5) is 0. The lowest BCUT2D eigenvalue weighted by molar-refractivity contribution is 0.416. The molecule has 0 unspecified atom stereocenters. The van der Waals surface area contributed by atoms with Gasteiger partial charge >= 0.3 is 0 Å². The number of anilines is 2. The van der Waals surface area contributed by atoms with Gasteiger partial charge < -0.3 is 4.74 Å². The normalized spacial score (nSPS) is 12.8. The average molecular weight is 531 g/mol. The summed E-state index contributed by atoms with van der Waals surface area (Å²) in [5, 5.41) is 1.77. The highest BCUT2D eigenvalue weighted by atomic mass is 16.5. The minimum absolute atomic E-state index is 0.472. The fraction of sp³-hybridized carbons (Fsp3) is 0.0526. The van der Waals surface area contributed by atoms with Crippen LogP contribution in [0.5, 0.6) is 5.75 Å². The zero-order chi connectivity index (χ0) is 27.8. The number of ether oxygens (including phenoxy) is 1. The predicted octanol–water partition coefficient (Wildman–Crippen LogP) is 8.74. The third-order valence-corrected chi connectivity index (χ3v) is 8.27. The Morgan fingerprint density at radius 1 is 0.512 bits per heavy atom. The Bertz CT molecular complexity index is 1790. The molecule has 0 aliphatic heterocycles. The lowest BCUT2D eigenvalue weighted by Gasteiger charge is -2.34. The molecule has 7 rings (SSSR count). The van der Waals surface area contributed by atoms with Gasteiger partial charge in [-0.3, -0.25) is 5.01 Å². The van der Waals surface area contributed by atoms with Crippen molar-refractivity contribution in [2.45, 2.75) is 5.41 Å². The fourth-order valence-electron chi connectivity index (χ4n) is 6.42. The summed E-state index contributed by atoms with van der Waals surface area (Å²) < 4.78 is 5.70. The maximum absolute atomic E-state index is 6.91. The molecule has 0 bridgehead atoms. The number of hydrogen-bond acceptors (Lipinski definition) is 3. The van der Waals surface area contributed by atoms with Crippen molar-refractivity contribution < 1.29 is 4.74 Å². The van der Waals surface area contributed by atoms with E-state index >= 15 is 0 Å². The zero-order valence-electron chi connectivity index (χ0n) is 22.9. The quantitative estimate of drug-likeness (QED) is 0.173. The average Bonchev–Trinajstić information content (AvgIpc) is 3.36. The van der Waals surface area contributed by atoms with Gasteiger partial charge in [-0.05, 0) is 69.3 Å². The smallest absolute Gasteiger partial charge is 0.126 e. The first-order valence-corrected chi connectivity index (χ1v) is 13.9. The van der Waals surface area contributed by atoms with Crippen molar-refractivity contribution in [1.29, 1.82) is 0 Å². The van der Waals surface area contributed by atoms with E-state index in [2.05, 4.69) is 121 Å². The fourth-order valence-corrected chi connectivity index (χ4v) is 6.42. The van der Waals surface area contributed by atoms with E-state index in [0.717, 1.165) is 28.3 Å². The van der Waals surface area contributed by atoms with Gasteiger partial charge in [-0.15, -0.1) is 0 Å². The third kappa shape index (κ3) is 3.94. The molecule has 6 aromatic rings. The molecule has 0 amide bonds. The summed E-state index contributed by atoms with van der Waals surface area (Å²) in [5.41, 5.74) is 10.8. The van der Waals surface area contributed by atoms with Crippen LogP contribution in [0.3, 0.4) is 0 Å². The Hall–Kier alpha value is -5.12. The highest BCUT2D eigenvalue weighted by Gasteiger charge is 2.46. The van der Waals surface area contributed by atoms with Crippen LogP contribution in [0.1, 0.15) is 22.3 Å². The van der Waals surface area contributed by atoms with E-state index in [1.165, 1.54) is 33.4 Å². The maximum Gasteiger partial charge on any atom is 0.126 e. The summed E-state index contributed by atoms with van der Waals surface area (Å²) in [7, 11) is 1.70. The van der Waals surface area contributed by atoms with Gasteiger partial charge in [0.05, 0.1) is 23.9 Å². The number of methoxy groups -OCH3 is 1. The first-order valence-electron chi connectivity index (χ1n) is 13.9. The van der Waals surface area contributed by atoms with Crippen LogP contribution >= 0.6 is 0 Å². The molecule has 0 radical (unpaired) electrons. The third-order valence-electron chi connectivity index (χ3n) is 8.27. The molecule has 6 aromatic carbocycles. The highest BCUT2D eigenvalue weighted by molar-refractivity contribution is 5.88. The van der Waals surface area contributed by atoms with Gasteiger partial charge in [-0.1, -0.05) is 121 Å². The molecule has 3 heteroatoms. The van der Waals surface area contributed by atoms with Crippen molar-refractivity contribution in [3.63, 3.8) is 0 Å². The monoisotopic (exact) mass is 530 g/mol. The molecule has 3 nitrogen and oxygen atoms in total. The maximum atomic E-state index is 6.91. The molecule has 41 heavy (non-hydrogen) atoms. The summed E-state index contributed by atoms with van der Waals surface area (Å²) in [6.45, 7) is 0. The van der Waals surface area contributed by atoms with Crippen molar-refractivity contribution in [3.05, 3.63) is 174 Å². The number of nitrogens with two attached hydrogens (primary N) is 1. The molecule has 0 fully saturated rings. The summed E-state index contributed by atoms with van der Waals surface area (Å²) in [5.74, 6) is 7.72. The van der Waals surface area contributed by atoms with E-state index in [1.807, 2.05) is 30.3 Å². The van der Waals surface area contributed by atoms with Gasteiger partial charge in [-0.25, -0.2) is 5.84 Å². The van der Waals surface area contributed by atoms with E-state index in [-0.39, 0.29) is 0 Å². The zero-order valence-corrected chi connectivity index (χ0v) is 22.9. The molecule has 0 saturated carbocycles. The van der Waals surface area contributed by atoms with Gasteiger partial charge in [0.25, 0.3) is 0 Å². The van der Waals surface area contributed by atoms with Crippen molar-refractivity contribution in [1.82, 2.24) is 0 Å². The molecular formula is C38H30N2O. The number of fused-ring (bicyclic) bond motifs is 3. The Balaban J connectivity index is 1.43. The Morgan fingerprint density at radius 2 is 1.05 bits per heavy atom. The summed E-state index contributed by atoms with van der Waals surface area (Å²) in [6.07, 6.45) is 0. The predicted molar refractivity (Wildman–Crippen MR) is 169 cm³/mol. The molecule has 198 valence electrons. The molecule has 0 atom stereocenters. The minimum atomic E-state index is -0.472. The highest BCUT2D eigenvalue weighted by Crippen LogP contribution is 2.56. The first-order chi connectivity index (χ1) is 20.2. The van der Waals surface area contributed by atoms with Crippen LogP contribution in [0.25, 0.3) is 22.3 Å². The lowest BCUT2D eigenvalue weighted by Crippen LogP contribution is -2.29. The van der Waals surface area contributed by atoms with Crippen molar-refractivity contribution >= 4 is 11.4 Å². The molecule has 1 aliphatic carbocycles. The Morgan fingerprint density at radius 3 is 1.71 bits per heavy atom. The molecule has 0 saturated heterocycles. The molecule has 0 heterocycles. The first kappa shape index (κ1) is 24.9. The van der Waals surface area contributed by atoms with E-state index in [9.17, 15) is 0 Å². The number of benzene rings is 6. The van der Waals surface area contributed by atoms with Crippen LogP contribution in [0, 0.1) is 0 Å². The molecule has 1 aliphatic rings. The van der Waals surface area contributed by atoms with E-state index in [4.69, 9.17) is 10.6 Å². The number of rotatable bonds is 6. The summed E-state index contributed by atoms with van der Waals surface area (Å²) >= 11 is 0. The molecular weight excluding hydrogens is 500 g/mol. The second-order valence-electron chi connectivity index (χ2n) is 10.4. The molecule has 0 spiro atoms. The number of hydrogen-bond donors (Lipinski definition) is 1. The molecule has 0 aromatic heterocycles. The van der Waals surface area contributed by atoms with Gasteiger partial charge in [0.15, 0.2) is 0 Å². The van der Waals surface area contributed by atoms with Crippen molar-refractivity contribution in [2.24, 2.45) is 5.84 Å². The summed E-state index contributed by atoms with van der Waals surface area (Å²) in [6, 6.07) is 53.3. The van der Waals surface area contributed by atoms with E-state index < -0.39 is 5.41 Å². The SMILES string of the molecule is COc1ccc(N(N)c2ccc3c(c2)C(c2ccccc2)(c2ccccc2)c2ccccc2-3)cc1-c1ccccc1. The van der Waals surface area contributed by atoms with Gasteiger partial charge in [0, 0.05) is 5.56 Å². The van der Waals surface area contributed by atoms with Gasteiger partial charge in [0.1, 0.15) is 5.75 Å². The second-order valence-corrected chi connectivity index (χ2v) is 10.4. The van der Waals surface area contributed by atoms with Crippen LogP contribution < -0.4 is 15.6 Å². The topological polar surface area (TPSA) is 38.5 Å². The number of hydrazine groups is 1. The van der Waals surface area contributed by atoms with Crippen LogP contribution in [0.2, 0.25) is 0 Å². The largest absolute Gasteiger partial charge is 0.496 e. The van der Waals surface area contributed by atoms with E-state index in [0.29, 0.717) is 0 Å². The Kier molecular flexibility index (Phi) is 6.15. The Labute approximate surface area is 241 Å². The van der Waals surface area contributed by atoms with Crippen molar-refractivity contribution in [2.75, 3.05) is 12.1 Å². The van der Waals surface area contributed by atoms with Crippen molar-refractivity contribution in [3.8, 4) is 28.0 Å². The molecule has 2 N–H and O–H groups in total. The second kappa shape index (κ2) is 10.1. The standard InChI is InChI=1S/C38H30N2O/c1-41-37-24-22-30(25-34(37)27-13-5-2-6-14-27)40(39)31-21-23-33-32-19-11-12-20-35(32)38(36(33)26-31,28-15-7-3-8-16-28)29-17-9-4-10-18-29/h2-26H,39H2,1H3. The number of nitrogens with zero attached hydrogens (tertiary/aromatic N) is 1. The lowest BCUT2D eigenvalue weighted by atomic mass is 9.67. The van der Waals surface area contributed by atoms with Crippen LogP contribution in [-0.2, 0) is 5.41 Å².